The molecule has 2 aliphatic heterocycles. The summed E-state index contributed by atoms with van der Waals surface area (Å²) in [6.45, 7) is 0.811. The van der Waals surface area contributed by atoms with E-state index in [1.807, 2.05) is 36.4 Å². The Morgan fingerprint density at radius 3 is 2.67 bits per heavy atom. The lowest BCUT2D eigenvalue weighted by Gasteiger charge is -2.33. The van der Waals surface area contributed by atoms with Crippen LogP contribution in [-0.4, -0.2) is 36.1 Å². The largest absolute Gasteiger partial charge is 0.497 e. The van der Waals surface area contributed by atoms with E-state index < -0.39 is 4.87 Å². The van der Waals surface area contributed by atoms with Crippen LogP contribution in [0.25, 0.3) is 0 Å². The standard InChI is InChI=1S/C26H21N3O3S/c1-32-21-11-9-20(10-12-21)24(30)29-13-14-33-26(29)22-7-2-3-8-23(22)28(25(26)31)17-19-6-4-5-18(15-19)16-27/h2-12,15H,13-14,17H2,1H3. The van der Waals surface area contributed by atoms with Crippen LogP contribution in [0.1, 0.15) is 27.0 Å². The van der Waals surface area contributed by atoms with Crippen molar-refractivity contribution in [2.45, 2.75) is 11.4 Å². The molecule has 0 bridgehead atoms. The second-order valence-electron chi connectivity index (χ2n) is 7.90. The minimum Gasteiger partial charge on any atom is -0.497 e. The first-order valence-corrected chi connectivity index (χ1v) is 11.6. The predicted octanol–water partition coefficient (Wildman–Crippen LogP) is 4.16. The van der Waals surface area contributed by atoms with E-state index >= 15 is 0 Å². The summed E-state index contributed by atoms with van der Waals surface area (Å²) in [6.07, 6.45) is 0. The summed E-state index contributed by atoms with van der Waals surface area (Å²) in [6, 6.07) is 24.0. The predicted molar refractivity (Wildman–Crippen MR) is 127 cm³/mol. The summed E-state index contributed by atoms with van der Waals surface area (Å²) in [5.74, 6) is 1.03. The molecular weight excluding hydrogens is 434 g/mol. The molecule has 1 saturated heterocycles. The molecule has 1 spiro atoms. The molecule has 2 amide bonds. The molecule has 0 aliphatic carbocycles. The van der Waals surface area contributed by atoms with Gasteiger partial charge in [0.05, 0.1) is 31.0 Å². The van der Waals surface area contributed by atoms with Crippen molar-refractivity contribution in [2.75, 3.05) is 24.3 Å². The van der Waals surface area contributed by atoms with Crippen LogP contribution in [-0.2, 0) is 16.2 Å². The monoisotopic (exact) mass is 455 g/mol. The quantitative estimate of drug-likeness (QED) is 0.591. The fraction of sp³-hybridized carbons (Fsp3) is 0.192. The van der Waals surface area contributed by atoms with Crippen LogP contribution in [0.4, 0.5) is 5.69 Å². The maximum absolute atomic E-state index is 14.0. The number of hydrogen-bond donors (Lipinski definition) is 0. The average Bonchev–Trinajstić information content (AvgIpc) is 3.41. The van der Waals surface area contributed by atoms with Gasteiger partial charge in [0, 0.05) is 23.4 Å². The third-order valence-electron chi connectivity index (χ3n) is 6.08. The second kappa shape index (κ2) is 8.30. The summed E-state index contributed by atoms with van der Waals surface area (Å²) in [4.78, 5) is 29.9. The molecule has 0 radical (unpaired) electrons. The van der Waals surface area contributed by atoms with Gasteiger partial charge in [-0.2, -0.15) is 5.26 Å². The maximum Gasteiger partial charge on any atom is 0.268 e. The minimum absolute atomic E-state index is 0.129. The molecule has 2 aliphatic rings. The molecule has 5 rings (SSSR count). The van der Waals surface area contributed by atoms with E-state index in [9.17, 15) is 14.9 Å². The molecule has 7 heteroatoms. The maximum atomic E-state index is 14.0. The zero-order valence-electron chi connectivity index (χ0n) is 18.0. The van der Waals surface area contributed by atoms with Gasteiger partial charge in [-0.3, -0.25) is 9.59 Å². The summed E-state index contributed by atoms with van der Waals surface area (Å²) >= 11 is 1.50. The zero-order valence-corrected chi connectivity index (χ0v) is 18.8. The van der Waals surface area contributed by atoms with Crippen LogP contribution < -0.4 is 9.64 Å². The van der Waals surface area contributed by atoms with Gasteiger partial charge >= 0.3 is 0 Å². The van der Waals surface area contributed by atoms with Crippen LogP contribution >= 0.6 is 11.8 Å². The first kappa shape index (κ1) is 21.1. The number of hydrogen-bond acceptors (Lipinski definition) is 5. The number of methoxy groups -OCH3 is 1. The minimum atomic E-state index is -1.10. The molecule has 0 aromatic heterocycles. The van der Waals surface area contributed by atoms with E-state index in [1.165, 1.54) is 11.8 Å². The molecule has 0 saturated carbocycles. The molecule has 3 aromatic rings. The number of carbonyl (C=O) groups excluding carboxylic acids is 2. The van der Waals surface area contributed by atoms with E-state index in [-0.39, 0.29) is 11.8 Å². The fourth-order valence-corrected chi connectivity index (χ4v) is 6.00. The molecule has 1 unspecified atom stereocenters. The lowest BCUT2D eigenvalue weighted by Crippen LogP contribution is -2.50. The topological polar surface area (TPSA) is 73.6 Å². The first-order valence-electron chi connectivity index (χ1n) is 10.6. The van der Waals surface area contributed by atoms with Gasteiger partial charge in [-0.1, -0.05) is 30.3 Å². The van der Waals surface area contributed by atoms with E-state index in [0.29, 0.717) is 35.7 Å². The number of amides is 2. The lowest BCUT2D eigenvalue weighted by molar-refractivity contribution is -0.123. The Hall–Kier alpha value is -3.76. The van der Waals surface area contributed by atoms with Crippen molar-refractivity contribution in [1.82, 2.24) is 4.90 Å². The van der Waals surface area contributed by atoms with Crippen molar-refractivity contribution in [1.29, 1.82) is 5.26 Å². The van der Waals surface area contributed by atoms with Crippen LogP contribution in [0.15, 0.2) is 72.8 Å². The van der Waals surface area contributed by atoms with Crippen molar-refractivity contribution < 1.29 is 14.3 Å². The SMILES string of the molecule is COc1ccc(C(=O)N2CCSC23C(=O)N(Cc2cccc(C#N)c2)c2ccccc23)cc1. The van der Waals surface area contributed by atoms with E-state index in [0.717, 1.165) is 16.8 Å². The van der Waals surface area contributed by atoms with Gasteiger partial charge < -0.3 is 14.5 Å². The molecule has 164 valence electrons. The number of rotatable bonds is 4. The molecular formula is C26H21N3O3S. The van der Waals surface area contributed by atoms with Crippen molar-refractivity contribution >= 4 is 29.3 Å². The third kappa shape index (κ3) is 3.35. The third-order valence-corrected chi connectivity index (χ3v) is 7.50. The van der Waals surface area contributed by atoms with Crippen LogP contribution in [0.5, 0.6) is 5.75 Å². The molecule has 6 nitrogen and oxygen atoms in total. The Bertz CT molecular complexity index is 1280. The second-order valence-corrected chi connectivity index (χ2v) is 9.19. The van der Waals surface area contributed by atoms with Crippen LogP contribution in [0.3, 0.4) is 0 Å². The molecule has 3 aromatic carbocycles. The van der Waals surface area contributed by atoms with Crippen LogP contribution in [0, 0.1) is 11.3 Å². The number of ether oxygens (including phenoxy) is 1. The highest BCUT2D eigenvalue weighted by atomic mass is 32.2. The van der Waals surface area contributed by atoms with Gasteiger partial charge in [0.25, 0.3) is 11.8 Å². The average molecular weight is 456 g/mol. The van der Waals surface area contributed by atoms with Gasteiger partial charge in [0.2, 0.25) is 0 Å². The van der Waals surface area contributed by atoms with E-state index in [2.05, 4.69) is 6.07 Å². The number of para-hydroxylation sites is 1. The number of anilines is 1. The number of benzene rings is 3. The molecule has 0 N–H and O–H groups in total. The van der Waals surface area contributed by atoms with Gasteiger partial charge in [-0.15, -0.1) is 11.8 Å². The highest BCUT2D eigenvalue weighted by Gasteiger charge is 2.59. The highest BCUT2D eigenvalue weighted by molar-refractivity contribution is 8.01. The number of thioether (sulfide) groups is 1. The Morgan fingerprint density at radius 2 is 1.91 bits per heavy atom. The van der Waals surface area contributed by atoms with E-state index in [1.54, 1.807) is 53.3 Å². The Kier molecular flexibility index (Phi) is 5.31. The summed E-state index contributed by atoms with van der Waals surface area (Å²) in [5.41, 5.74) is 3.56. The molecule has 1 atom stereocenters. The molecule has 33 heavy (non-hydrogen) atoms. The van der Waals surface area contributed by atoms with Crippen molar-refractivity contribution in [2.24, 2.45) is 0 Å². The van der Waals surface area contributed by atoms with Gasteiger partial charge in [-0.05, 0) is 48.0 Å². The van der Waals surface area contributed by atoms with E-state index in [4.69, 9.17) is 4.74 Å². The number of carbonyl (C=O) groups is 2. The Morgan fingerprint density at radius 1 is 1.12 bits per heavy atom. The van der Waals surface area contributed by atoms with Gasteiger partial charge in [0.1, 0.15) is 5.75 Å². The van der Waals surface area contributed by atoms with Crippen molar-refractivity contribution in [3.8, 4) is 11.8 Å². The highest BCUT2D eigenvalue weighted by Crippen LogP contribution is 2.54. The summed E-state index contributed by atoms with van der Waals surface area (Å²) < 4.78 is 5.21. The fourth-order valence-electron chi connectivity index (χ4n) is 4.54. The summed E-state index contributed by atoms with van der Waals surface area (Å²) in [5, 5.41) is 9.25. The Balaban J connectivity index is 1.54. The van der Waals surface area contributed by atoms with Gasteiger partial charge in [0.15, 0.2) is 4.87 Å². The van der Waals surface area contributed by atoms with Crippen molar-refractivity contribution in [3.63, 3.8) is 0 Å². The number of nitrogens with zero attached hydrogens (tertiary/aromatic N) is 3. The first-order chi connectivity index (χ1) is 16.1. The smallest absolute Gasteiger partial charge is 0.268 e. The van der Waals surface area contributed by atoms with Crippen LogP contribution in [0.2, 0.25) is 0 Å². The summed E-state index contributed by atoms with van der Waals surface area (Å²) in [7, 11) is 1.58. The number of nitriles is 1. The normalized spacial score (nSPS) is 19.0. The zero-order chi connectivity index (χ0) is 23.0. The van der Waals surface area contributed by atoms with Gasteiger partial charge in [-0.25, -0.2) is 0 Å². The molecule has 2 heterocycles. The number of fused-ring (bicyclic) bond motifs is 2. The van der Waals surface area contributed by atoms with Crippen molar-refractivity contribution in [3.05, 3.63) is 95.1 Å². The molecule has 1 fully saturated rings. The Labute approximate surface area is 196 Å². The lowest BCUT2D eigenvalue weighted by atomic mass is 10.0.